The number of aryl methyl sites for hydroxylation is 2. The molecule has 1 N–H and O–H groups in total. The first-order valence-corrected chi connectivity index (χ1v) is 9.53. The Kier molecular flexibility index (Phi) is 4.55. The van der Waals surface area contributed by atoms with Crippen molar-refractivity contribution in [3.63, 3.8) is 0 Å². The molecule has 0 unspecified atom stereocenters. The summed E-state index contributed by atoms with van der Waals surface area (Å²) in [4.78, 5) is 4.74. The molecule has 2 nitrogen and oxygen atoms in total. The minimum absolute atomic E-state index is 0.912. The van der Waals surface area contributed by atoms with E-state index in [1.54, 1.807) is 11.3 Å². The third kappa shape index (κ3) is 3.53. The second-order valence-corrected chi connectivity index (χ2v) is 7.26. The van der Waals surface area contributed by atoms with Crippen molar-refractivity contribution < 1.29 is 0 Å². The summed E-state index contributed by atoms with van der Waals surface area (Å²) in [6.07, 6.45) is 0. The molecule has 0 atom stereocenters. The van der Waals surface area contributed by atoms with Gasteiger partial charge in [-0.15, -0.1) is 11.3 Å². The van der Waals surface area contributed by atoms with Gasteiger partial charge in [0.15, 0.2) is 5.13 Å². The van der Waals surface area contributed by atoms with E-state index in [0.29, 0.717) is 0 Å². The van der Waals surface area contributed by atoms with Gasteiger partial charge in [-0.3, -0.25) is 0 Å². The number of rotatable bonds is 4. The molecule has 26 heavy (non-hydrogen) atoms. The van der Waals surface area contributed by atoms with Gasteiger partial charge < -0.3 is 5.32 Å². The largest absolute Gasteiger partial charge is 0.332 e. The molecule has 0 spiro atoms. The van der Waals surface area contributed by atoms with E-state index in [1.165, 1.54) is 22.3 Å². The third-order valence-electron chi connectivity index (χ3n) is 4.55. The maximum Gasteiger partial charge on any atom is 0.187 e. The third-order valence-corrected chi connectivity index (χ3v) is 5.31. The van der Waals surface area contributed by atoms with Crippen molar-refractivity contribution in [2.24, 2.45) is 0 Å². The molecule has 0 amide bonds. The number of benzene rings is 3. The highest BCUT2D eigenvalue weighted by molar-refractivity contribution is 7.14. The summed E-state index contributed by atoms with van der Waals surface area (Å²) < 4.78 is 0. The van der Waals surface area contributed by atoms with Crippen molar-refractivity contribution in [3.05, 3.63) is 89.3 Å². The highest BCUT2D eigenvalue weighted by atomic mass is 32.1. The summed E-state index contributed by atoms with van der Waals surface area (Å²) in [7, 11) is 0. The van der Waals surface area contributed by atoms with E-state index in [9.17, 15) is 0 Å². The maximum absolute atomic E-state index is 4.74. The van der Waals surface area contributed by atoms with E-state index < -0.39 is 0 Å². The first kappa shape index (κ1) is 16.6. The number of hydrogen-bond acceptors (Lipinski definition) is 3. The molecule has 0 aliphatic rings. The van der Waals surface area contributed by atoms with Gasteiger partial charge >= 0.3 is 0 Å². The Morgan fingerprint density at radius 2 is 1.42 bits per heavy atom. The molecule has 1 heterocycles. The van der Waals surface area contributed by atoms with Gasteiger partial charge in [0, 0.05) is 16.6 Å². The molecule has 0 aliphatic heterocycles. The Labute approximate surface area is 158 Å². The quantitative estimate of drug-likeness (QED) is 0.433. The first-order valence-electron chi connectivity index (χ1n) is 8.65. The average molecular weight is 356 g/mol. The summed E-state index contributed by atoms with van der Waals surface area (Å²) >= 11 is 1.63. The number of nitrogens with one attached hydrogen (secondary N) is 1. The van der Waals surface area contributed by atoms with Crippen LogP contribution in [-0.2, 0) is 0 Å². The lowest BCUT2D eigenvalue weighted by atomic mass is 10.0. The van der Waals surface area contributed by atoms with Gasteiger partial charge in [0.05, 0.1) is 5.69 Å². The summed E-state index contributed by atoms with van der Waals surface area (Å²) in [5.74, 6) is 0. The summed E-state index contributed by atoms with van der Waals surface area (Å²) in [6, 6.07) is 25.4. The lowest BCUT2D eigenvalue weighted by Crippen LogP contribution is -1.91. The van der Waals surface area contributed by atoms with Crippen molar-refractivity contribution in [1.29, 1.82) is 0 Å². The average Bonchev–Trinajstić information content (AvgIpc) is 3.14. The lowest BCUT2D eigenvalue weighted by molar-refractivity contribution is 1.33. The Morgan fingerprint density at radius 3 is 2.15 bits per heavy atom. The van der Waals surface area contributed by atoms with E-state index >= 15 is 0 Å². The van der Waals surface area contributed by atoms with Crippen LogP contribution in [0, 0.1) is 13.8 Å². The van der Waals surface area contributed by atoms with Gasteiger partial charge in [0.25, 0.3) is 0 Å². The predicted molar refractivity (Wildman–Crippen MR) is 112 cm³/mol. The summed E-state index contributed by atoms with van der Waals surface area (Å²) in [6.45, 7) is 4.25. The van der Waals surface area contributed by atoms with Gasteiger partial charge in [-0.2, -0.15) is 0 Å². The van der Waals surface area contributed by atoms with E-state index in [1.807, 2.05) is 6.07 Å². The smallest absolute Gasteiger partial charge is 0.187 e. The van der Waals surface area contributed by atoms with Crippen LogP contribution in [0.2, 0.25) is 0 Å². The van der Waals surface area contributed by atoms with Gasteiger partial charge in [-0.25, -0.2) is 4.98 Å². The number of aromatic nitrogens is 1. The molecule has 0 fully saturated rings. The molecular weight excluding hydrogens is 336 g/mol. The van der Waals surface area contributed by atoms with Gasteiger partial charge in [-0.05, 0) is 48.2 Å². The zero-order valence-electron chi connectivity index (χ0n) is 14.9. The Hall–Kier alpha value is -2.91. The van der Waals surface area contributed by atoms with Crippen LogP contribution >= 0.6 is 11.3 Å². The second-order valence-electron chi connectivity index (χ2n) is 6.41. The van der Waals surface area contributed by atoms with Crippen LogP contribution in [0.4, 0.5) is 10.8 Å². The fraction of sp³-hybridized carbons (Fsp3) is 0.0870. The minimum atomic E-state index is 0.912. The molecule has 0 saturated carbocycles. The van der Waals surface area contributed by atoms with Crippen LogP contribution < -0.4 is 5.32 Å². The van der Waals surface area contributed by atoms with E-state index in [-0.39, 0.29) is 0 Å². The standard InChI is InChI=1S/C23H20N2S/c1-16-8-13-21(14-17(16)2)24-23-25-22(15-26-23)20-11-9-19(10-12-20)18-6-4-3-5-7-18/h3-15H,1-2H3,(H,24,25). The Bertz CT molecular complexity index is 1020. The van der Waals surface area contributed by atoms with E-state index in [4.69, 9.17) is 4.98 Å². The number of hydrogen-bond donors (Lipinski definition) is 1. The van der Waals surface area contributed by atoms with Crippen molar-refractivity contribution >= 4 is 22.2 Å². The minimum Gasteiger partial charge on any atom is -0.332 e. The molecule has 4 rings (SSSR count). The highest BCUT2D eigenvalue weighted by Gasteiger charge is 2.06. The maximum atomic E-state index is 4.74. The van der Waals surface area contributed by atoms with Crippen LogP contribution in [0.3, 0.4) is 0 Å². The van der Waals surface area contributed by atoms with Gasteiger partial charge in [0.1, 0.15) is 0 Å². The van der Waals surface area contributed by atoms with E-state index in [0.717, 1.165) is 22.1 Å². The fourth-order valence-electron chi connectivity index (χ4n) is 2.87. The zero-order chi connectivity index (χ0) is 17.9. The first-order chi connectivity index (χ1) is 12.7. The number of anilines is 2. The van der Waals surface area contributed by atoms with Crippen molar-refractivity contribution in [2.45, 2.75) is 13.8 Å². The van der Waals surface area contributed by atoms with Crippen molar-refractivity contribution in [3.8, 4) is 22.4 Å². The van der Waals surface area contributed by atoms with Crippen molar-refractivity contribution in [1.82, 2.24) is 4.98 Å². The fourth-order valence-corrected chi connectivity index (χ4v) is 3.61. The normalized spacial score (nSPS) is 10.7. The molecule has 128 valence electrons. The molecule has 3 heteroatoms. The molecule has 0 radical (unpaired) electrons. The van der Waals surface area contributed by atoms with Gasteiger partial charge in [0.2, 0.25) is 0 Å². The second kappa shape index (κ2) is 7.14. The molecule has 3 aromatic carbocycles. The summed E-state index contributed by atoms with van der Waals surface area (Å²) in [5, 5.41) is 6.42. The molecular formula is C23H20N2S. The monoisotopic (exact) mass is 356 g/mol. The van der Waals surface area contributed by atoms with Crippen LogP contribution in [-0.4, -0.2) is 4.98 Å². The van der Waals surface area contributed by atoms with E-state index in [2.05, 4.69) is 91.3 Å². The molecule has 1 aromatic heterocycles. The zero-order valence-corrected chi connectivity index (χ0v) is 15.7. The molecule has 0 saturated heterocycles. The van der Waals surface area contributed by atoms with Crippen LogP contribution in [0.5, 0.6) is 0 Å². The SMILES string of the molecule is Cc1ccc(Nc2nc(-c3ccc(-c4ccccc4)cc3)cs2)cc1C. The molecule has 4 aromatic rings. The van der Waals surface area contributed by atoms with Crippen molar-refractivity contribution in [2.75, 3.05) is 5.32 Å². The van der Waals surface area contributed by atoms with Crippen LogP contribution in [0.25, 0.3) is 22.4 Å². The van der Waals surface area contributed by atoms with Crippen LogP contribution in [0.15, 0.2) is 78.2 Å². The Morgan fingerprint density at radius 1 is 0.731 bits per heavy atom. The summed E-state index contributed by atoms with van der Waals surface area (Å²) in [5.41, 5.74) is 8.24. The molecule has 0 aliphatic carbocycles. The highest BCUT2D eigenvalue weighted by Crippen LogP contribution is 2.29. The Balaban J connectivity index is 1.53. The van der Waals surface area contributed by atoms with Crippen LogP contribution in [0.1, 0.15) is 11.1 Å². The molecule has 0 bridgehead atoms. The van der Waals surface area contributed by atoms with Gasteiger partial charge in [-0.1, -0.05) is 60.7 Å². The predicted octanol–water partition coefficient (Wildman–Crippen LogP) is 6.84. The number of thiazole rings is 1. The number of nitrogens with zero attached hydrogens (tertiary/aromatic N) is 1. The topological polar surface area (TPSA) is 24.9 Å². The lowest BCUT2D eigenvalue weighted by Gasteiger charge is -2.06.